The average Bonchev–Trinajstić information content (AvgIpc) is 2.92. The van der Waals surface area contributed by atoms with Gasteiger partial charge in [-0.15, -0.1) is 0 Å². The van der Waals surface area contributed by atoms with Crippen LogP contribution in [0.25, 0.3) is 0 Å². The van der Waals surface area contributed by atoms with Gasteiger partial charge in [-0.25, -0.2) is 5.84 Å². The number of anilines is 3. The molecular weight excluding hydrogens is 262 g/mol. The molecule has 1 aliphatic heterocycles. The van der Waals surface area contributed by atoms with Crippen LogP contribution in [0.1, 0.15) is 19.8 Å². The molecule has 8 heteroatoms. The molecule has 19 heavy (non-hydrogen) atoms. The Balaban J connectivity index is 2.15. The maximum absolute atomic E-state index is 5.42. The molecule has 0 aromatic carbocycles. The summed E-state index contributed by atoms with van der Waals surface area (Å²) in [6, 6.07) is 0.300. The molecule has 2 heterocycles. The Morgan fingerprint density at radius 1 is 1.26 bits per heavy atom. The second-order valence-electron chi connectivity index (χ2n) is 4.62. The molecule has 106 valence electrons. The molecule has 1 atom stereocenters. The maximum atomic E-state index is 5.42. The van der Waals surface area contributed by atoms with E-state index in [1.165, 1.54) is 12.8 Å². The highest BCUT2D eigenvalue weighted by atomic mass is 32.2. The molecule has 0 saturated carbocycles. The van der Waals surface area contributed by atoms with Gasteiger partial charge in [0.1, 0.15) is 0 Å². The zero-order valence-corrected chi connectivity index (χ0v) is 12.2. The van der Waals surface area contributed by atoms with Gasteiger partial charge in [0.15, 0.2) is 0 Å². The third-order valence-electron chi connectivity index (χ3n) is 2.93. The molecule has 1 aliphatic rings. The Hall–Kier alpha value is -1.28. The van der Waals surface area contributed by atoms with Gasteiger partial charge < -0.3 is 10.2 Å². The zero-order valence-electron chi connectivity index (χ0n) is 11.4. The molecule has 0 radical (unpaired) electrons. The van der Waals surface area contributed by atoms with Gasteiger partial charge in [0, 0.05) is 24.9 Å². The van der Waals surface area contributed by atoms with Crippen molar-refractivity contribution in [2.75, 3.05) is 40.7 Å². The second kappa shape index (κ2) is 6.76. The van der Waals surface area contributed by atoms with Gasteiger partial charge >= 0.3 is 0 Å². The summed E-state index contributed by atoms with van der Waals surface area (Å²) in [7, 11) is 0. The van der Waals surface area contributed by atoms with Crippen LogP contribution in [0.3, 0.4) is 0 Å². The first-order valence-electron chi connectivity index (χ1n) is 6.46. The fraction of sp³-hybridized carbons (Fsp3) is 0.727. The van der Waals surface area contributed by atoms with Gasteiger partial charge in [-0.1, -0.05) is 0 Å². The van der Waals surface area contributed by atoms with Crippen molar-refractivity contribution in [2.24, 2.45) is 5.84 Å². The van der Waals surface area contributed by atoms with Crippen LogP contribution >= 0.6 is 11.8 Å². The molecule has 1 aromatic rings. The van der Waals surface area contributed by atoms with E-state index in [0.717, 1.165) is 18.8 Å². The van der Waals surface area contributed by atoms with E-state index < -0.39 is 0 Å². The number of hydrogen-bond donors (Lipinski definition) is 3. The Morgan fingerprint density at radius 2 is 1.95 bits per heavy atom. The van der Waals surface area contributed by atoms with E-state index in [2.05, 4.69) is 43.8 Å². The van der Waals surface area contributed by atoms with E-state index in [0.29, 0.717) is 23.9 Å². The summed E-state index contributed by atoms with van der Waals surface area (Å²) >= 11 is 1.78. The smallest absolute Gasteiger partial charge is 0.243 e. The first kappa shape index (κ1) is 14.1. The Morgan fingerprint density at radius 3 is 2.58 bits per heavy atom. The first-order valence-corrected chi connectivity index (χ1v) is 7.85. The van der Waals surface area contributed by atoms with Gasteiger partial charge in [0.25, 0.3) is 0 Å². The lowest BCUT2D eigenvalue weighted by atomic mass is 10.4. The lowest BCUT2D eigenvalue weighted by Gasteiger charge is -2.18. The van der Waals surface area contributed by atoms with E-state index in [-0.39, 0.29) is 0 Å². The predicted octanol–water partition coefficient (Wildman–Crippen LogP) is 0.921. The third kappa shape index (κ3) is 3.84. The Bertz CT molecular complexity index is 408. The summed E-state index contributed by atoms with van der Waals surface area (Å²) in [6.07, 6.45) is 4.44. The molecule has 1 unspecified atom stereocenters. The summed E-state index contributed by atoms with van der Waals surface area (Å²) in [4.78, 5) is 15.2. The van der Waals surface area contributed by atoms with Crippen molar-refractivity contribution in [3.63, 3.8) is 0 Å². The summed E-state index contributed by atoms with van der Waals surface area (Å²) in [5.74, 6) is 8.09. The molecule has 4 N–H and O–H groups in total. The number of nitrogen functional groups attached to an aromatic ring is 1. The molecular formula is C11H21N7S. The van der Waals surface area contributed by atoms with Crippen molar-refractivity contribution >= 4 is 29.6 Å². The zero-order chi connectivity index (χ0) is 13.7. The highest BCUT2D eigenvalue weighted by molar-refractivity contribution is 7.98. The number of hydrazine groups is 1. The molecule has 1 saturated heterocycles. The van der Waals surface area contributed by atoms with Gasteiger partial charge in [-0.2, -0.15) is 26.7 Å². The number of hydrogen-bond acceptors (Lipinski definition) is 8. The minimum Gasteiger partial charge on any atom is -0.351 e. The highest BCUT2D eigenvalue weighted by Crippen LogP contribution is 2.18. The number of rotatable bonds is 6. The van der Waals surface area contributed by atoms with E-state index in [1.807, 2.05) is 0 Å². The molecule has 1 aromatic heterocycles. The monoisotopic (exact) mass is 283 g/mol. The van der Waals surface area contributed by atoms with Crippen LogP contribution < -0.4 is 21.5 Å². The fourth-order valence-electron chi connectivity index (χ4n) is 2.06. The summed E-state index contributed by atoms with van der Waals surface area (Å²) in [5.41, 5.74) is 2.50. The van der Waals surface area contributed by atoms with Gasteiger partial charge in [0.2, 0.25) is 17.8 Å². The van der Waals surface area contributed by atoms with Crippen LogP contribution in [0.4, 0.5) is 17.8 Å². The Kier molecular flexibility index (Phi) is 5.03. The standard InChI is InChI=1S/C11H21N7S/c1-8(7-19-2)13-9-14-10(17-12)16-11(15-9)18-5-3-4-6-18/h8H,3-7,12H2,1-2H3,(H2,13,14,15,16,17). The van der Waals surface area contributed by atoms with Crippen LogP contribution in [0.5, 0.6) is 0 Å². The predicted molar refractivity (Wildman–Crippen MR) is 80.6 cm³/mol. The van der Waals surface area contributed by atoms with Crippen molar-refractivity contribution in [1.29, 1.82) is 0 Å². The van der Waals surface area contributed by atoms with Crippen LogP contribution in [-0.2, 0) is 0 Å². The van der Waals surface area contributed by atoms with Crippen molar-refractivity contribution in [3.05, 3.63) is 0 Å². The van der Waals surface area contributed by atoms with Gasteiger partial charge in [-0.3, -0.25) is 5.43 Å². The van der Waals surface area contributed by atoms with E-state index >= 15 is 0 Å². The molecule has 2 rings (SSSR count). The fourth-order valence-corrected chi connectivity index (χ4v) is 2.65. The second-order valence-corrected chi connectivity index (χ2v) is 5.53. The molecule has 0 amide bonds. The lowest BCUT2D eigenvalue weighted by Crippen LogP contribution is -2.25. The maximum Gasteiger partial charge on any atom is 0.243 e. The quantitative estimate of drug-likeness (QED) is 0.524. The van der Waals surface area contributed by atoms with Crippen molar-refractivity contribution < 1.29 is 0 Å². The molecule has 0 spiro atoms. The topological polar surface area (TPSA) is 92.0 Å². The summed E-state index contributed by atoms with van der Waals surface area (Å²) in [6.45, 7) is 4.09. The van der Waals surface area contributed by atoms with Crippen LogP contribution in [-0.4, -0.2) is 46.1 Å². The van der Waals surface area contributed by atoms with E-state index in [4.69, 9.17) is 5.84 Å². The van der Waals surface area contributed by atoms with E-state index in [1.54, 1.807) is 11.8 Å². The van der Waals surface area contributed by atoms with Crippen LogP contribution in [0, 0.1) is 0 Å². The highest BCUT2D eigenvalue weighted by Gasteiger charge is 2.17. The molecule has 0 aliphatic carbocycles. The number of nitrogens with zero attached hydrogens (tertiary/aromatic N) is 4. The minimum atomic E-state index is 0.300. The largest absolute Gasteiger partial charge is 0.351 e. The third-order valence-corrected chi connectivity index (χ3v) is 3.77. The Labute approximate surface area is 117 Å². The number of aromatic nitrogens is 3. The van der Waals surface area contributed by atoms with Crippen molar-refractivity contribution in [3.8, 4) is 0 Å². The SMILES string of the molecule is CSCC(C)Nc1nc(NN)nc(N2CCCC2)n1. The van der Waals surface area contributed by atoms with Crippen LogP contribution in [0.15, 0.2) is 0 Å². The normalized spacial score (nSPS) is 16.5. The number of thioether (sulfide) groups is 1. The minimum absolute atomic E-state index is 0.300. The number of nitrogens with two attached hydrogens (primary N) is 1. The van der Waals surface area contributed by atoms with Crippen molar-refractivity contribution in [1.82, 2.24) is 15.0 Å². The average molecular weight is 283 g/mol. The summed E-state index contributed by atoms with van der Waals surface area (Å²) < 4.78 is 0. The van der Waals surface area contributed by atoms with Crippen molar-refractivity contribution in [2.45, 2.75) is 25.8 Å². The molecule has 1 fully saturated rings. The first-order chi connectivity index (χ1) is 9.22. The summed E-state index contributed by atoms with van der Waals surface area (Å²) in [5, 5.41) is 3.28. The number of nitrogens with one attached hydrogen (secondary N) is 2. The van der Waals surface area contributed by atoms with Gasteiger partial charge in [-0.05, 0) is 26.0 Å². The molecule has 0 bridgehead atoms. The van der Waals surface area contributed by atoms with Gasteiger partial charge in [0.05, 0.1) is 0 Å². The van der Waals surface area contributed by atoms with Crippen LogP contribution in [0.2, 0.25) is 0 Å². The molecule has 7 nitrogen and oxygen atoms in total. The van der Waals surface area contributed by atoms with E-state index in [9.17, 15) is 0 Å². The lowest BCUT2D eigenvalue weighted by molar-refractivity contribution is 0.848.